The number of ether oxygens (including phenoxy) is 1. The molecule has 3 nitrogen and oxygen atoms in total. The van der Waals surface area contributed by atoms with Crippen LogP contribution >= 0.6 is 0 Å². The SMILES string of the molecule is CCOC(=O)C[C@H]1CCC(=O)C1. The fourth-order valence-electron chi connectivity index (χ4n) is 1.52. The minimum Gasteiger partial charge on any atom is -0.466 e. The van der Waals surface area contributed by atoms with Gasteiger partial charge in [0.25, 0.3) is 0 Å². The lowest BCUT2D eigenvalue weighted by molar-refractivity contribution is -0.144. The van der Waals surface area contributed by atoms with Crippen LogP contribution in [0.2, 0.25) is 0 Å². The zero-order valence-corrected chi connectivity index (χ0v) is 7.34. The molecule has 68 valence electrons. The summed E-state index contributed by atoms with van der Waals surface area (Å²) in [7, 11) is 0. The van der Waals surface area contributed by atoms with E-state index < -0.39 is 0 Å². The standard InChI is InChI=1S/C9H14O3/c1-2-12-9(11)6-7-3-4-8(10)5-7/h7H,2-6H2,1H3/t7-/m0/s1. The van der Waals surface area contributed by atoms with Crippen LogP contribution in [-0.4, -0.2) is 18.4 Å². The number of carbonyl (C=O) groups is 2. The largest absolute Gasteiger partial charge is 0.466 e. The summed E-state index contributed by atoms with van der Waals surface area (Å²) in [5.41, 5.74) is 0. The summed E-state index contributed by atoms with van der Waals surface area (Å²) in [5, 5.41) is 0. The molecule has 0 amide bonds. The molecule has 12 heavy (non-hydrogen) atoms. The molecule has 1 fully saturated rings. The van der Waals surface area contributed by atoms with Crippen LogP contribution in [-0.2, 0) is 14.3 Å². The van der Waals surface area contributed by atoms with Crippen molar-refractivity contribution < 1.29 is 14.3 Å². The van der Waals surface area contributed by atoms with Gasteiger partial charge in [0.05, 0.1) is 6.61 Å². The third kappa shape index (κ3) is 2.64. The van der Waals surface area contributed by atoms with E-state index in [1.165, 1.54) is 0 Å². The van der Waals surface area contributed by atoms with Gasteiger partial charge in [0.1, 0.15) is 5.78 Å². The molecule has 1 aliphatic carbocycles. The molecular formula is C9H14O3. The molecule has 0 bridgehead atoms. The molecule has 0 aliphatic heterocycles. The van der Waals surface area contributed by atoms with Crippen LogP contribution in [0.4, 0.5) is 0 Å². The highest BCUT2D eigenvalue weighted by atomic mass is 16.5. The van der Waals surface area contributed by atoms with E-state index in [0.717, 1.165) is 6.42 Å². The van der Waals surface area contributed by atoms with Crippen LogP contribution in [0.3, 0.4) is 0 Å². The van der Waals surface area contributed by atoms with Crippen molar-refractivity contribution in [2.45, 2.75) is 32.6 Å². The third-order valence-electron chi connectivity index (χ3n) is 2.11. The molecule has 0 radical (unpaired) electrons. The maximum atomic E-state index is 11.0. The van der Waals surface area contributed by atoms with Gasteiger partial charge in [-0.05, 0) is 19.3 Å². The van der Waals surface area contributed by atoms with Crippen molar-refractivity contribution in [1.82, 2.24) is 0 Å². The normalized spacial score (nSPS) is 22.8. The van der Waals surface area contributed by atoms with Gasteiger partial charge < -0.3 is 4.74 Å². The molecule has 0 N–H and O–H groups in total. The smallest absolute Gasteiger partial charge is 0.306 e. The molecule has 0 aromatic rings. The first-order valence-corrected chi connectivity index (χ1v) is 4.39. The predicted octanol–water partition coefficient (Wildman–Crippen LogP) is 1.31. The Morgan fingerprint density at radius 1 is 1.67 bits per heavy atom. The average molecular weight is 170 g/mol. The second-order valence-electron chi connectivity index (χ2n) is 3.16. The van der Waals surface area contributed by atoms with Crippen LogP contribution in [0.25, 0.3) is 0 Å². The van der Waals surface area contributed by atoms with Crippen molar-refractivity contribution in [2.75, 3.05) is 6.61 Å². The van der Waals surface area contributed by atoms with E-state index in [1.54, 1.807) is 6.92 Å². The number of hydrogen-bond donors (Lipinski definition) is 0. The monoisotopic (exact) mass is 170 g/mol. The fraction of sp³-hybridized carbons (Fsp3) is 0.778. The van der Waals surface area contributed by atoms with Crippen molar-refractivity contribution >= 4 is 11.8 Å². The second-order valence-corrected chi connectivity index (χ2v) is 3.16. The van der Waals surface area contributed by atoms with Crippen LogP contribution < -0.4 is 0 Å². The van der Waals surface area contributed by atoms with Gasteiger partial charge in [-0.15, -0.1) is 0 Å². The van der Waals surface area contributed by atoms with Crippen molar-refractivity contribution in [3.05, 3.63) is 0 Å². The van der Waals surface area contributed by atoms with Crippen molar-refractivity contribution in [2.24, 2.45) is 5.92 Å². The maximum Gasteiger partial charge on any atom is 0.306 e. The lowest BCUT2D eigenvalue weighted by atomic mass is 10.0. The van der Waals surface area contributed by atoms with Gasteiger partial charge in [0.2, 0.25) is 0 Å². The Morgan fingerprint density at radius 2 is 2.42 bits per heavy atom. The quantitative estimate of drug-likeness (QED) is 0.600. The average Bonchev–Trinajstić information content (AvgIpc) is 2.36. The molecule has 1 atom stereocenters. The fourth-order valence-corrected chi connectivity index (χ4v) is 1.52. The number of hydrogen-bond acceptors (Lipinski definition) is 3. The van der Waals surface area contributed by atoms with E-state index in [9.17, 15) is 9.59 Å². The van der Waals surface area contributed by atoms with Gasteiger partial charge in [0.15, 0.2) is 0 Å². The van der Waals surface area contributed by atoms with E-state index in [0.29, 0.717) is 25.9 Å². The van der Waals surface area contributed by atoms with Gasteiger partial charge in [-0.3, -0.25) is 9.59 Å². The summed E-state index contributed by atoms with van der Waals surface area (Å²) in [6, 6.07) is 0. The summed E-state index contributed by atoms with van der Waals surface area (Å²) in [6.45, 7) is 2.22. The van der Waals surface area contributed by atoms with E-state index in [4.69, 9.17) is 4.74 Å². The number of Topliss-reactive ketones (excluding diaryl/α,β-unsaturated/α-hetero) is 1. The zero-order chi connectivity index (χ0) is 8.97. The van der Waals surface area contributed by atoms with Gasteiger partial charge in [0, 0.05) is 19.3 Å². The topological polar surface area (TPSA) is 43.4 Å². The molecule has 1 rings (SSSR count). The predicted molar refractivity (Wildman–Crippen MR) is 43.6 cm³/mol. The Balaban J connectivity index is 2.23. The third-order valence-corrected chi connectivity index (χ3v) is 2.11. The van der Waals surface area contributed by atoms with E-state index in [1.807, 2.05) is 0 Å². The Labute approximate surface area is 72.1 Å². The Morgan fingerprint density at radius 3 is 2.92 bits per heavy atom. The maximum absolute atomic E-state index is 11.0. The van der Waals surface area contributed by atoms with E-state index in [2.05, 4.69) is 0 Å². The number of esters is 1. The summed E-state index contributed by atoms with van der Waals surface area (Å²) < 4.78 is 4.79. The minimum absolute atomic E-state index is 0.169. The Hall–Kier alpha value is -0.860. The molecular weight excluding hydrogens is 156 g/mol. The molecule has 1 aliphatic rings. The number of carbonyl (C=O) groups excluding carboxylic acids is 2. The number of rotatable bonds is 3. The first-order valence-electron chi connectivity index (χ1n) is 4.39. The first-order chi connectivity index (χ1) is 5.72. The molecule has 1 saturated carbocycles. The molecule has 0 aromatic carbocycles. The Kier molecular flexibility index (Phi) is 3.26. The number of ketones is 1. The van der Waals surface area contributed by atoms with Crippen LogP contribution in [0.1, 0.15) is 32.6 Å². The van der Waals surface area contributed by atoms with Gasteiger partial charge in [-0.2, -0.15) is 0 Å². The van der Waals surface area contributed by atoms with Crippen LogP contribution in [0.15, 0.2) is 0 Å². The van der Waals surface area contributed by atoms with Gasteiger partial charge in [-0.25, -0.2) is 0 Å². The summed E-state index contributed by atoms with van der Waals surface area (Å²) >= 11 is 0. The summed E-state index contributed by atoms with van der Waals surface area (Å²) in [6.07, 6.45) is 2.49. The second kappa shape index (κ2) is 4.24. The molecule has 0 aromatic heterocycles. The van der Waals surface area contributed by atoms with Crippen LogP contribution in [0, 0.1) is 5.92 Å². The summed E-state index contributed by atoms with van der Waals surface area (Å²) in [5.74, 6) is 0.359. The summed E-state index contributed by atoms with van der Waals surface area (Å²) in [4.78, 5) is 21.8. The molecule has 0 saturated heterocycles. The molecule has 0 heterocycles. The van der Waals surface area contributed by atoms with Crippen molar-refractivity contribution in [1.29, 1.82) is 0 Å². The van der Waals surface area contributed by atoms with Crippen molar-refractivity contribution in [3.8, 4) is 0 Å². The molecule has 3 heteroatoms. The minimum atomic E-state index is -0.169. The highest BCUT2D eigenvalue weighted by Crippen LogP contribution is 2.25. The highest BCUT2D eigenvalue weighted by molar-refractivity contribution is 5.81. The molecule has 0 unspecified atom stereocenters. The Bertz CT molecular complexity index is 186. The van der Waals surface area contributed by atoms with Crippen LogP contribution in [0.5, 0.6) is 0 Å². The lowest BCUT2D eigenvalue weighted by Gasteiger charge is -2.05. The van der Waals surface area contributed by atoms with E-state index >= 15 is 0 Å². The van der Waals surface area contributed by atoms with Gasteiger partial charge in [-0.1, -0.05) is 0 Å². The van der Waals surface area contributed by atoms with E-state index in [-0.39, 0.29) is 17.7 Å². The lowest BCUT2D eigenvalue weighted by Crippen LogP contribution is -2.09. The van der Waals surface area contributed by atoms with Crippen molar-refractivity contribution in [3.63, 3.8) is 0 Å². The highest BCUT2D eigenvalue weighted by Gasteiger charge is 2.24. The zero-order valence-electron chi connectivity index (χ0n) is 7.34. The molecule has 0 spiro atoms. The first kappa shape index (κ1) is 9.23. The van der Waals surface area contributed by atoms with Gasteiger partial charge >= 0.3 is 5.97 Å².